The first-order valence-corrected chi connectivity index (χ1v) is 5.60. The van der Waals surface area contributed by atoms with Crippen molar-refractivity contribution in [2.24, 2.45) is 0 Å². The van der Waals surface area contributed by atoms with Gasteiger partial charge in [-0.1, -0.05) is 0 Å². The average molecular weight is 343 g/mol. The topological polar surface area (TPSA) is 36.7 Å². The number of hydrogen-bond donors (Lipinski definition) is 0. The van der Waals surface area contributed by atoms with Crippen molar-refractivity contribution >= 4 is 34.2 Å². The van der Waals surface area contributed by atoms with E-state index in [0.29, 0.717) is 9.26 Å². The van der Waals surface area contributed by atoms with E-state index in [1.54, 1.807) is 6.07 Å². The highest BCUT2D eigenvalue weighted by Crippen LogP contribution is 2.26. The van der Waals surface area contributed by atoms with Crippen LogP contribution in [-0.4, -0.2) is 4.98 Å². The number of halogens is 4. The molecule has 1 aromatic heterocycles. The molecule has 0 aliphatic carbocycles. The molecule has 1 heterocycles. The summed E-state index contributed by atoms with van der Waals surface area (Å²) < 4.78 is 25.7. The van der Waals surface area contributed by atoms with E-state index in [0.717, 1.165) is 0 Å². The fourth-order valence-corrected chi connectivity index (χ4v) is 2.13. The summed E-state index contributed by atoms with van der Waals surface area (Å²) in [6.45, 7) is 0. The van der Waals surface area contributed by atoms with Crippen molar-refractivity contribution < 1.29 is 8.78 Å². The van der Waals surface area contributed by atoms with Gasteiger partial charge in [-0.2, -0.15) is 5.26 Å². The SMILES string of the molecule is N#CCc1cc(I)nc(C(F)F)c1CCl. The van der Waals surface area contributed by atoms with Crippen LogP contribution in [0.5, 0.6) is 0 Å². The minimum absolute atomic E-state index is 0.0550. The Morgan fingerprint density at radius 3 is 2.73 bits per heavy atom. The van der Waals surface area contributed by atoms with Gasteiger partial charge in [0, 0.05) is 5.88 Å². The summed E-state index contributed by atoms with van der Waals surface area (Å²) in [6, 6.07) is 3.52. The van der Waals surface area contributed by atoms with Crippen LogP contribution >= 0.6 is 34.2 Å². The zero-order valence-electron chi connectivity index (χ0n) is 7.48. The fourth-order valence-electron chi connectivity index (χ4n) is 1.19. The maximum atomic E-state index is 12.6. The van der Waals surface area contributed by atoms with E-state index in [1.807, 2.05) is 28.7 Å². The Balaban J connectivity index is 3.33. The minimum atomic E-state index is -2.66. The fraction of sp³-hybridized carbons (Fsp3) is 0.333. The van der Waals surface area contributed by atoms with Crippen molar-refractivity contribution in [2.75, 3.05) is 0 Å². The summed E-state index contributed by atoms with van der Waals surface area (Å²) >= 11 is 7.42. The van der Waals surface area contributed by atoms with E-state index in [9.17, 15) is 8.78 Å². The molecule has 0 atom stereocenters. The summed E-state index contributed by atoms with van der Waals surface area (Å²) in [6.07, 6.45) is -2.59. The Bertz CT molecular complexity index is 404. The number of nitrogens with zero attached hydrogens (tertiary/aromatic N) is 2. The molecule has 0 aliphatic rings. The lowest BCUT2D eigenvalue weighted by Gasteiger charge is -2.10. The van der Waals surface area contributed by atoms with Crippen molar-refractivity contribution in [3.05, 3.63) is 26.6 Å². The lowest BCUT2D eigenvalue weighted by atomic mass is 10.1. The quantitative estimate of drug-likeness (QED) is 0.479. The number of aromatic nitrogens is 1. The monoisotopic (exact) mass is 342 g/mol. The highest BCUT2D eigenvalue weighted by Gasteiger charge is 2.18. The van der Waals surface area contributed by atoms with E-state index in [4.69, 9.17) is 16.9 Å². The van der Waals surface area contributed by atoms with Gasteiger partial charge in [0.05, 0.1) is 12.5 Å². The molecule has 0 aromatic carbocycles. The highest BCUT2D eigenvalue weighted by molar-refractivity contribution is 14.1. The van der Waals surface area contributed by atoms with Gasteiger partial charge in [0.15, 0.2) is 0 Å². The third-order valence-electron chi connectivity index (χ3n) is 1.83. The number of nitriles is 1. The Labute approximate surface area is 104 Å². The van der Waals surface area contributed by atoms with E-state index in [2.05, 4.69) is 4.98 Å². The zero-order chi connectivity index (χ0) is 11.4. The van der Waals surface area contributed by atoms with Gasteiger partial charge >= 0.3 is 0 Å². The Morgan fingerprint density at radius 2 is 2.27 bits per heavy atom. The van der Waals surface area contributed by atoms with Gasteiger partial charge in [-0.05, 0) is 39.8 Å². The summed E-state index contributed by atoms with van der Waals surface area (Å²) in [4.78, 5) is 3.73. The first kappa shape index (κ1) is 12.6. The largest absolute Gasteiger partial charge is 0.280 e. The van der Waals surface area contributed by atoms with Crippen molar-refractivity contribution in [3.63, 3.8) is 0 Å². The molecule has 2 nitrogen and oxygen atoms in total. The molecule has 0 amide bonds. The lowest BCUT2D eigenvalue weighted by Crippen LogP contribution is -2.03. The van der Waals surface area contributed by atoms with E-state index < -0.39 is 6.43 Å². The van der Waals surface area contributed by atoms with Crippen LogP contribution in [0.15, 0.2) is 6.07 Å². The molecular formula is C9H6ClF2IN2. The minimum Gasteiger partial charge on any atom is -0.241 e. The highest BCUT2D eigenvalue weighted by atomic mass is 127. The molecule has 0 fully saturated rings. The second-order valence-electron chi connectivity index (χ2n) is 2.74. The normalized spacial score (nSPS) is 10.4. The van der Waals surface area contributed by atoms with Crippen LogP contribution in [0.4, 0.5) is 8.78 Å². The predicted molar refractivity (Wildman–Crippen MR) is 60.8 cm³/mol. The average Bonchev–Trinajstić information content (AvgIpc) is 2.17. The van der Waals surface area contributed by atoms with Gasteiger partial charge < -0.3 is 0 Å². The zero-order valence-corrected chi connectivity index (χ0v) is 10.4. The molecule has 0 unspecified atom stereocenters. The number of pyridine rings is 1. The molecule has 0 spiro atoms. The number of alkyl halides is 3. The van der Waals surface area contributed by atoms with Crippen LogP contribution < -0.4 is 0 Å². The molecule has 0 N–H and O–H groups in total. The maximum Gasteiger partial charge on any atom is 0.280 e. The van der Waals surface area contributed by atoms with Gasteiger partial charge in [0.2, 0.25) is 0 Å². The van der Waals surface area contributed by atoms with Crippen LogP contribution in [0.3, 0.4) is 0 Å². The van der Waals surface area contributed by atoms with Crippen molar-refractivity contribution in [3.8, 4) is 6.07 Å². The predicted octanol–water partition coefficient (Wildman–Crippen LogP) is 3.43. The Kier molecular flexibility index (Phi) is 4.67. The van der Waals surface area contributed by atoms with Gasteiger partial charge in [0.25, 0.3) is 6.43 Å². The summed E-state index contributed by atoms with van der Waals surface area (Å²) in [7, 11) is 0. The first-order valence-electron chi connectivity index (χ1n) is 3.99. The van der Waals surface area contributed by atoms with Gasteiger partial charge in [-0.3, -0.25) is 0 Å². The second kappa shape index (κ2) is 5.56. The van der Waals surface area contributed by atoms with E-state index >= 15 is 0 Å². The molecule has 0 saturated carbocycles. The molecule has 0 aliphatic heterocycles. The Hall–Kier alpha value is -0.480. The van der Waals surface area contributed by atoms with E-state index in [1.165, 1.54) is 0 Å². The molecule has 1 aromatic rings. The molecule has 15 heavy (non-hydrogen) atoms. The standard InChI is InChI=1S/C9H6ClF2IN2/c10-4-6-5(1-2-14)3-7(13)15-8(6)9(11)12/h3,9H,1,4H2. The second-order valence-corrected chi connectivity index (χ2v) is 4.11. The third kappa shape index (κ3) is 2.98. The molecular weight excluding hydrogens is 336 g/mol. The smallest absolute Gasteiger partial charge is 0.241 e. The number of hydrogen-bond acceptors (Lipinski definition) is 2. The van der Waals surface area contributed by atoms with Crippen molar-refractivity contribution in [1.82, 2.24) is 4.98 Å². The summed E-state index contributed by atoms with van der Waals surface area (Å²) in [5.74, 6) is -0.0550. The molecule has 6 heteroatoms. The Morgan fingerprint density at radius 1 is 1.60 bits per heavy atom. The molecule has 1 rings (SSSR count). The van der Waals surface area contributed by atoms with Crippen LogP contribution in [0.25, 0.3) is 0 Å². The van der Waals surface area contributed by atoms with Crippen LogP contribution in [0, 0.1) is 15.0 Å². The van der Waals surface area contributed by atoms with Gasteiger partial charge in [0.1, 0.15) is 9.39 Å². The summed E-state index contributed by atoms with van der Waals surface area (Å²) in [5, 5.41) is 8.56. The van der Waals surface area contributed by atoms with Crippen LogP contribution in [0.1, 0.15) is 23.2 Å². The molecule has 80 valence electrons. The van der Waals surface area contributed by atoms with Crippen molar-refractivity contribution in [2.45, 2.75) is 18.7 Å². The number of rotatable bonds is 3. The van der Waals surface area contributed by atoms with Crippen LogP contribution in [-0.2, 0) is 12.3 Å². The van der Waals surface area contributed by atoms with Gasteiger partial charge in [-0.15, -0.1) is 11.6 Å². The van der Waals surface area contributed by atoms with Gasteiger partial charge in [-0.25, -0.2) is 13.8 Å². The maximum absolute atomic E-state index is 12.6. The first-order chi connectivity index (χ1) is 7.10. The lowest BCUT2D eigenvalue weighted by molar-refractivity contribution is 0.144. The molecule has 0 radical (unpaired) electrons. The van der Waals surface area contributed by atoms with E-state index in [-0.39, 0.29) is 23.6 Å². The summed E-state index contributed by atoms with van der Waals surface area (Å²) in [5.41, 5.74) is 0.484. The molecule has 0 saturated heterocycles. The van der Waals surface area contributed by atoms with Crippen molar-refractivity contribution in [1.29, 1.82) is 5.26 Å². The van der Waals surface area contributed by atoms with Crippen LogP contribution in [0.2, 0.25) is 0 Å². The third-order valence-corrected chi connectivity index (χ3v) is 2.65. The molecule has 0 bridgehead atoms.